The average Bonchev–Trinajstić information content (AvgIpc) is 3.44. The number of benzene rings is 2. The molecule has 2 aromatic carbocycles. The summed E-state index contributed by atoms with van der Waals surface area (Å²) in [6, 6.07) is 12.5. The van der Waals surface area contributed by atoms with Crippen molar-refractivity contribution in [2.24, 2.45) is 0 Å². The molecule has 0 saturated carbocycles. The van der Waals surface area contributed by atoms with Crippen LogP contribution >= 0.6 is 11.3 Å². The average molecular weight is 446 g/mol. The lowest BCUT2D eigenvalue weighted by molar-refractivity contribution is 0.288. The largest absolute Gasteiger partial charge is 0.490 e. The van der Waals surface area contributed by atoms with Gasteiger partial charge in [0.1, 0.15) is 0 Å². The van der Waals surface area contributed by atoms with Crippen LogP contribution < -0.4 is 14.8 Å². The van der Waals surface area contributed by atoms with Gasteiger partial charge in [0.15, 0.2) is 11.5 Å². The first kappa shape index (κ1) is 20.8. The van der Waals surface area contributed by atoms with Crippen LogP contribution in [0.15, 0.2) is 41.8 Å². The van der Waals surface area contributed by atoms with Crippen LogP contribution in [0.1, 0.15) is 36.5 Å². The summed E-state index contributed by atoms with van der Waals surface area (Å²) < 4.78 is 11.8. The summed E-state index contributed by atoms with van der Waals surface area (Å²) in [7, 11) is 0. The molecule has 6 heteroatoms. The minimum atomic E-state index is 0.585. The van der Waals surface area contributed by atoms with E-state index in [1.165, 1.54) is 11.3 Å². The van der Waals surface area contributed by atoms with Gasteiger partial charge in [0, 0.05) is 33.8 Å². The molecule has 1 aliphatic rings. The molecule has 0 atom stereocenters. The second-order valence-electron chi connectivity index (χ2n) is 7.91. The third kappa shape index (κ3) is 3.91. The van der Waals surface area contributed by atoms with Crippen molar-refractivity contribution in [1.29, 1.82) is 0 Å². The Hall–Kier alpha value is -3.12. The quantitative estimate of drug-likeness (QED) is 0.343. The van der Waals surface area contributed by atoms with E-state index in [1.807, 2.05) is 26.8 Å². The Kier molecular flexibility index (Phi) is 5.70. The van der Waals surface area contributed by atoms with Crippen molar-refractivity contribution < 1.29 is 9.47 Å². The SMILES string of the molecule is CCOc1cc2nc3c(c(Nc4cccc(-c5csc(C)n5)c4)c2cc1OCC)CCC3. The molecule has 5 nitrogen and oxygen atoms in total. The predicted molar refractivity (Wildman–Crippen MR) is 132 cm³/mol. The highest BCUT2D eigenvalue weighted by Gasteiger charge is 2.22. The van der Waals surface area contributed by atoms with Crippen molar-refractivity contribution >= 4 is 33.6 Å². The molecule has 0 unspecified atom stereocenters. The first-order chi connectivity index (χ1) is 15.7. The lowest BCUT2D eigenvalue weighted by Gasteiger charge is -2.18. The monoisotopic (exact) mass is 445 g/mol. The molecular weight excluding hydrogens is 418 g/mol. The van der Waals surface area contributed by atoms with Crippen LogP contribution in [0.4, 0.5) is 11.4 Å². The minimum Gasteiger partial charge on any atom is -0.490 e. The highest BCUT2D eigenvalue weighted by Crippen LogP contribution is 2.41. The Balaban J connectivity index is 1.62. The highest BCUT2D eigenvalue weighted by atomic mass is 32.1. The maximum absolute atomic E-state index is 5.91. The number of rotatable bonds is 7. The first-order valence-electron chi connectivity index (χ1n) is 11.2. The van der Waals surface area contributed by atoms with Crippen LogP contribution in [0.25, 0.3) is 22.2 Å². The van der Waals surface area contributed by atoms with E-state index in [2.05, 4.69) is 46.0 Å². The normalized spacial score (nSPS) is 12.7. The van der Waals surface area contributed by atoms with Gasteiger partial charge in [-0.3, -0.25) is 4.98 Å². The van der Waals surface area contributed by atoms with E-state index in [0.717, 1.165) is 69.3 Å². The zero-order chi connectivity index (χ0) is 22.1. The van der Waals surface area contributed by atoms with E-state index in [-0.39, 0.29) is 0 Å². The van der Waals surface area contributed by atoms with Gasteiger partial charge in [-0.1, -0.05) is 12.1 Å². The molecule has 2 heterocycles. The summed E-state index contributed by atoms with van der Waals surface area (Å²) in [5.41, 5.74) is 7.71. The number of pyridine rings is 1. The number of aromatic nitrogens is 2. The first-order valence-corrected chi connectivity index (χ1v) is 12.1. The molecule has 5 rings (SSSR count). The number of hydrogen-bond acceptors (Lipinski definition) is 6. The van der Waals surface area contributed by atoms with Crippen LogP contribution in [0.3, 0.4) is 0 Å². The minimum absolute atomic E-state index is 0.585. The van der Waals surface area contributed by atoms with Gasteiger partial charge in [-0.2, -0.15) is 0 Å². The fraction of sp³-hybridized carbons (Fsp3) is 0.308. The standard InChI is InChI=1S/C26H27N3O2S/c1-4-30-24-13-20-22(14-25(24)31-5-2)29-21-11-7-10-19(21)26(20)28-18-9-6-8-17(12-18)23-15-32-16(3)27-23/h6,8-9,12-15H,4-5,7,10-11H2,1-3H3,(H,28,29). The molecule has 0 bridgehead atoms. The van der Waals surface area contributed by atoms with Crippen molar-refractivity contribution in [2.75, 3.05) is 18.5 Å². The van der Waals surface area contributed by atoms with Crippen LogP contribution in [0, 0.1) is 6.92 Å². The molecule has 0 spiro atoms. The van der Waals surface area contributed by atoms with Crippen LogP contribution in [0.5, 0.6) is 11.5 Å². The number of hydrogen-bond donors (Lipinski definition) is 1. The molecule has 1 aliphatic carbocycles. The Morgan fingerprint density at radius 2 is 1.81 bits per heavy atom. The molecule has 4 aromatic rings. The van der Waals surface area contributed by atoms with Crippen LogP contribution in [0.2, 0.25) is 0 Å². The second kappa shape index (κ2) is 8.79. The van der Waals surface area contributed by atoms with Gasteiger partial charge in [-0.15, -0.1) is 11.3 Å². The molecular formula is C26H27N3O2S. The Morgan fingerprint density at radius 1 is 1.00 bits per heavy atom. The maximum atomic E-state index is 5.91. The summed E-state index contributed by atoms with van der Waals surface area (Å²) in [6.45, 7) is 7.19. The molecule has 0 amide bonds. The van der Waals surface area contributed by atoms with E-state index in [0.29, 0.717) is 13.2 Å². The van der Waals surface area contributed by atoms with Gasteiger partial charge >= 0.3 is 0 Å². The number of aryl methyl sites for hydroxylation is 2. The number of ether oxygens (including phenoxy) is 2. The van der Waals surface area contributed by atoms with Crippen LogP contribution in [-0.2, 0) is 12.8 Å². The van der Waals surface area contributed by atoms with Gasteiger partial charge in [0.2, 0.25) is 0 Å². The fourth-order valence-corrected chi connectivity index (χ4v) is 4.97. The van der Waals surface area contributed by atoms with Gasteiger partial charge < -0.3 is 14.8 Å². The topological polar surface area (TPSA) is 56.3 Å². The number of nitrogens with one attached hydrogen (secondary N) is 1. The third-order valence-electron chi connectivity index (χ3n) is 5.72. The second-order valence-corrected chi connectivity index (χ2v) is 8.97. The van der Waals surface area contributed by atoms with Gasteiger partial charge in [0.25, 0.3) is 0 Å². The lowest BCUT2D eigenvalue weighted by atomic mass is 10.0. The van der Waals surface area contributed by atoms with E-state index >= 15 is 0 Å². The highest BCUT2D eigenvalue weighted by molar-refractivity contribution is 7.09. The molecule has 1 N–H and O–H groups in total. The molecule has 0 saturated heterocycles. The van der Waals surface area contributed by atoms with Crippen molar-refractivity contribution in [2.45, 2.75) is 40.0 Å². The molecule has 0 radical (unpaired) electrons. The molecule has 0 aliphatic heterocycles. The van der Waals surface area contributed by atoms with Gasteiger partial charge in [-0.25, -0.2) is 4.98 Å². The Bertz CT molecular complexity index is 1280. The summed E-state index contributed by atoms with van der Waals surface area (Å²) in [5, 5.41) is 7.97. The zero-order valence-corrected chi connectivity index (χ0v) is 19.5. The van der Waals surface area contributed by atoms with Gasteiger partial charge in [-0.05, 0) is 63.8 Å². The summed E-state index contributed by atoms with van der Waals surface area (Å²) in [6.07, 6.45) is 3.17. The summed E-state index contributed by atoms with van der Waals surface area (Å²) in [4.78, 5) is 9.63. The Morgan fingerprint density at radius 3 is 2.56 bits per heavy atom. The van der Waals surface area contributed by atoms with E-state index < -0.39 is 0 Å². The Labute approximate surface area is 192 Å². The molecule has 164 valence electrons. The summed E-state index contributed by atoms with van der Waals surface area (Å²) >= 11 is 1.67. The van der Waals surface area contributed by atoms with Crippen LogP contribution in [-0.4, -0.2) is 23.2 Å². The number of thiazole rings is 1. The van der Waals surface area contributed by atoms with E-state index in [1.54, 1.807) is 11.3 Å². The van der Waals surface area contributed by atoms with Crippen molar-refractivity contribution in [1.82, 2.24) is 9.97 Å². The van der Waals surface area contributed by atoms with Crippen molar-refractivity contribution in [3.8, 4) is 22.8 Å². The van der Waals surface area contributed by atoms with Gasteiger partial charge in [0.05, 0.1) is 35.1 Å². The maximum Gasteiger partial charge on any atom is 0.163 e. The number of nitrogens with zero attached hydrogens (tertiary/aromatic N) is 2. The number of anilines is 2. The van der Waals surface area contributed by atoms with E-state index in [4.69, 9.17) is 14.5 Å². The lowest BCUT2D eigenvalue weighted by Crippen LogP contribution is -2.03. The molecule has 0 fully saturated rings. The third-order valence-corrected chi connectivity index (χ3v) is 6.50. The van der Waals surface area contributed by atoms with Crippen molar-refractivity contribution in [3.63, 3.8) is 0 Å². The number of fused-ring (bicyclic) bond motifs is 2. The smallest absolute Gasteiger partial charge is 0.163 e. The predicted octanol–water partition coefficient (Wildman–Crippen LogP) is 6.70. The molecule has 32 heavy (non-hydrogen) atoms. The van der Waals surface area contributed by atoms with E-state index in [9.17, 15) is 0 Å². The fourth-order valence-electron chi connectivity index (χ4n) is 4.35. The summed E-state index contributed by atoms with van der Waals surface area (Å²) in [5.74, 6) is 1.51. The molecule has 2 aromatic heterocycles. The zero-order valence-electron chi connectivity index (χ0n) is 18.7. The van der Waals surface area contributed by atoms with Crippen molar-refractivity contribution in [3.05, 3.63) is 58.0 Å².